The van der Waals surface area contributed by atoms with Gasteiger partial charge in [0, 0.05) is 13.0 Å². The van der Waals surface area contributed by atoms with Crippen molar-refractivity contribution in [3.63, 3.8) is 0 Å². The van der Waals surface area contributed by atoms with E-state index in [4.69, 9.17) is 4.74 Å². The van der Waals surface area contributed by atoms with Crippen LogP contribution in [0.3, 0.4) is 0 Å². The lowest BCUT2D eigenvalue weighted by atomic mass is 9.97. The molecule has 2 aliphatic rings. The fourth-order valence-corrected chi connectivity index (χ4v) is 3.42. The molecule has 120 valence electrons. The van der Waals surface area contributed by atoms with Gasteiger partial charge in [-0.15, -0.1) is 5.10 Å². The molecule has 1 saturated heterocycles. The zero-order valence-electron chi connectivity index (χ0n) is 12.9. The Morgan fingerprint density at radius 3 is 2.87 bits per heavy atom. The molecule has 0 bridgehead atoms. The van der Waals surface area contributed by atoms with Crippen LogP contribution < -0.4 is 0 Å². The molecule has 23 heavy (non-hydrogen) atoms. The highest BCUT2D eigenvalue weighted by Crippen LogP contribution is 2.39. The summed E-state index contributed by atoms with van der Waals surface area (Å²) in [6.07, 6.45) is 0.596. The Bertz CT molecular complexity index is 738. The summed E-state index contributed by atoms with van der Waals surface area (Å²) < 4.78 is 21.5. The average Bonchev–Trinajstić information content (AvgIpc) is 3.25. The maximum Gasteiger partial charge on any atom is 0.233 e. The first kappa shape index (κ1) is 14.5. The molecular formula is C17H18FN3O2. The minimum Gasteiger partial charge on any atom is -0.367 e. The van der Waals surface area contributed by atoms with E-state index in [-0.39, 0.29) is 23.5 Å². The summed E-state index contributed by atoms with van der Waals surface area (Å²) >= 11 is 0. The maximum atomic E-state index is 14.3. The third-order valence-corrected chi connectivity index (χ3v) is 4.75. The van der Waals surface area contributed by atoms with Crippen LogP contribution in [-0.2, 0) is 4.74 Å². The van der Waals surface area contributed by atoms with Crippen LogP contribution in [0.2, 0.25) is 0 Å². The SMILES string of the molecule is CC1(C(=O)c2nc3n(n2)[C@H](c2ccccc2)C[C@@H]3F)CCCO1. The van der Waals surface area contributed by atoms with E-state index in [0.717, 1.165) is 12.0 Å². The second-order valence-corrected chi connectivity index (χ2v) is 6.38. The van der Waals surface area contributed by atoms with Crippen LogP contribution in [0.1, 0.15) is 60.4 Å². The van der Waals surface area contributed by atoms with E-state index in [1.165, 1.54) is 0 Å². The van der Waals surface area contributed by atoms with Gasteiger partial charge in [0.15, 0.2) is 12.0 Å². The molecule has 2 aromatic rings. The van der Waals surface area contributed by atoms with Crippen molar-refractivity contribution < 1.29 is 13.9 Å². The number of nitrogens with zero attached hydrogens (tertiary/aromatic N) is 3. The fraction of sp³-hybridized carbons (Fsp3) is 0.471. The Morgan fingerprint density at radius 2 is 2.17 bits per heavy atom. The van der Waals surface area contributed by atoms with Crippen LogP contribution in [0, 0.1) is 0 Å². The number of carbonyl (C=O) groups excluding carboxylic acids is 1. The van der Waals surface area contributed by atoms with E-state index < -0.39 is 11.8 Å². The van der Waals surface area contributed by atoms with Gasteiger partial charge in [0.25, 0.3) is 0 Å². The lowest BCUT2D eigenvalue weighted by Crippen LogP contribution is -2.35. The highest BCUT2D eigenvalue weighted by Gasteiger charge is 2.43. The number of aromatic nitrogens is 3. The molecule has 0 N–H and O–H groups in total. The number of halogens is 1. The molecule has 1 unspecified atom stereocenters. The van der Waals surface area contributed by atoms with Gasteiger partial charge in [-0.3, -0.25) is 4.79 Å². The average molecular weight is 315 g/mol. The number of carbonyl (C=O) groups is 1. The molecule has 0 aliphatic carbocycles. The number of rotatable bonds is 3. The van der Waals surface area contributed by atoms with Crippen LogP contribution >= 0.6 is 0 Å². The second-order valence-electron chi connectivity index (χ2n) is 6.38. The largest absolute Gasteiger partial charge is 0.367 e. The quantitative estimate of drug-likeness (QED) is 0.817. The predicted molar refractivity (Wildman–Crippen MR) is 81.0 cm³/mol. The first-order valence-corrected chi connectivity index (χ1v) is 7.93. The van der Waals surface area contributed by atoms with Gasteiger partial charge in [-0.05, 0) is 25.3 Å². The Labute approximate surface area is 133 Å². The van der Waals surface area contributed by atoms with Crippen LogP contribution in [0.15, 0.2) is 30.3 Å². The van der Waals surface area contributed by atoms with Crippen LogP contribution in [0.5, 0.6) is 0 Å². The fourth-order valence-electron chi connectivity index (χ4n) is 3.42. The van der Waals surface area contributed by atoms with Gasteiger partial charge >= 0.3 is 0 Å². The molecule has 0 amide bonds. The molecule has 0 spiro atoms. The van der Waals surface area contributed by atoms with Gasteiger partial charge in [0.05, 0.1) is 6.04 Å². The molecule has 1 aromatic carbocycles. The van der Waals surface area contributed by atoms with E-state index in [2.05, 4.69) is 10.1 Å². The predicted octanol–water partition coefficient (Wildman–Crippen LogP) is 3.03. The number of alkyl halides is 1. The number of ketones is 1. The molecule has 3 heterocycles. The lowest BCUT2D eigenvalue weighted by Gasteiger charge is -2.19. The standard InChI is InChI=1S/C17H18FN3O2/c1-17(8-5-9-23-17)14(22)15-19-16-12(18)10-13(21(16)20-15)11-6-3-2-4-7-11/h2-4,6-7,12-13H,5,8-10H2,1H3/t12-,13-,17?/m0/s1. The number of hydrogen-bond acceptors (Lipinski definition) is 4. The van der Waals surface area contributed by atoms with Crippen LogP contribution in [0.4, 0.5) is 4.39 Å². The van der Waals surface area contributed by atoms with Crippen molar-refractivity contribution in [2.24, 2.45) is 0 Å². The van der Waals surface area contributed by atoms with E-state index in [1.807, 2.05) is 30.3 Å². The molecule has 6 heteroatoms. The second kappa shape index (κ2) is 5.23. The summed E-state index contributed by atoms with van der Waals surface area (Å²) in [6.45, 7) is 2.32. The molecular weight excluding hydrogens is 297 g/mol. The number of Topliss-reactive ketones (excluding diaryl/α,β-unsaturated/α-hetero) is 1. The highest BCUT2D eigenvalue weighted by atomic mass is 19.1. The minimum absolute atomic E-state index is 0.0627. The van der Waals surface area contributed by atoms with Crippen molar-refractivity contribution >= 4 is 5.78 Å². The number of hydrogen-bond donors (Lipinski definition) is 0. The molecule has 5 nitrogen and oxygen atoms in total. The van der Waals surface area contributed by atoms with Crippen molar-refractivity contribution in [2.45, 2.75) is 44.0 Å². The van der Waals surface area contributed by atoms with Crippen LogP contribution in [0.25, 0.3) is 0 Å². The number of fused-ring (bicyclic) bond motifs is 1. The molecule has 0 saturated carbocycles. The molecule has 0 radical (unpaired) electrons. The van der Waals surface area contributed by atoms with Gasteiger partial charge < -0.3 is 4.74 Å². The zero-order chi connectivity index (χ0) is 16.0. The van der Waals surface area contributed by atoms with Crippen molar-refractivity contribution in [3.05, 3.63) is 47.5 Å². The maximum absolute atomic E-state index is 14.3. The van der Waals surface area contributed by atoms with E-state index in [9.17, 15) is 9.18 Å². The summed E-state index contributed by atoms with van der Waals surface area (Å²) in [7, 11) is 0. The summed E-state index contributed by atoms with van der Waals surface area (Å²) in [6, 6.07) is 9.41. The van der Waals surface area contributed by atoms with E-state index in [1.54, 1.807) is 11.6 Å². The Balaban J connectivity index is 1.69. The Morgan fingerprint density at radius 1 is 1.39 bits per heavy atom. The summed E-state index contributed by atoms with van der Waals surface area (Å²) in [5.41, 5.74) is 0.0950. The third-order valence-electron chi connectivity index (χ3n) is 4.75. The van der Waals surface area contributed by atoms with Crippen LogP contribution in [-0.4, -0.2) is 32.8 Å². The summed E-state index contributed by atoms with van der Waals surface area (Å²) in [5.74, 6) is 0.0485. The van der Waals surface area contributed by atoms with Gasteiger partial charge in [-0.1, -0.05) is 30.3 Å². The molecule has 1 fully saturated rings. The highest BCUT2D eigenvalue weighted by molar-refractivity contribution is 5.99. The molecule has 4 rings (SSSR count). The molecule has 1 aromatic heterocycles. The van der Waals surface area contributed by atoms with Crippen molar-refractivity contribution in [3.8, 4) is 0 Å². The lowest BCUT2D eigenvalue weighted by molar-refractivity contribution is 0.0203. The number of benzene rings is 1. The van der Waals surface area contributed by atoms with Crippen molar-refractivity contribution in [1.29, 1.82) is 0 Å². The normalized spacial score (nSPS) is 29.7. The smallest absolute Gasteiger partial charge is 0.233 e. The molecule has 2 aliphatic heterocycles. The summed E-state index contributed by atoms with van der Waals surface area (Å²) in [4.78, 5) is 16.8. The molecule has 3 atom stereocenters. The number of ether oxygens (including phenoxy) is 1. The van der Waals surface area contributed by atoms with Gasteiger partial charge in [0.2, 0.25) is 11.6 Å². The van der Waals surface area contributed by atoms with Crippen molar-refractivity contribution in [2.75, 3.05) is 6.61 Å². The third kappa shape index (κ3) is 2.28. The van der Waals surface area contributed by atoms with E-state index in [0.29, 0.717) is 19.4 Å². The minimum atomic E-state index is -1.20. The Hall–Kier alpha value is -2.08. The van der Waals surface area contributed by atoms with E-state index >= 15 is 0 Å². The van der Waals surface area contributed by atoms with Gasteiger partial charge in [0.1, 0.15) is 5.60 Å². The monoisotopic (exact) mass is 315 g/mol. The first-order chi connectivity index (χ1) is 11.1. The summed E-state index contributed by atoms with van der Waals surface area (Å²) in [5, 5.41) is 4.32. The topological polar surface area (TPSA) is 57.0 Å². The Kier molecular flexibility index (Phi) is 3.30. The first-order valence-electron chi connectivity index (χ1n) is 7.93. The zero-order valence-corrected chi connectivity index (χ0v) is 12.9. The van der Waals surface area contributed by atoms with Crippen molar-refractivity contribution in [1.82, 2.24) is 14.8 Å². The van der Waals surface area contributed by atoms with Gasteiger partial charge in [-0.25, -0.2) is 14.1 Å². The van der Waals surface area contributed by atoms with Gasteiger partial charge in [-0.2, -0.15) is 0 Å².